The number of carbonyl (C=O) groups is 1. The van der Waals surface area contributed by atoms with Gasteiger partial charge in [-0.15, -0.1) is 0 Å². The Morgan fingerprint density at radius 1 is 1.56 bits per heavy atom. The summed E-state index contributed by atoms with van der Waals surface area (Å²) in [4.78, 5) is 15.8. The van der Waals surface area contributed by atoms with Gasteiger partial charge in [-0.1, -0.05) is 18.8 Å². The van der Waals surface area contributed by atoms with Crippen molar-refractivity contribution in [2.75, 3.05) is 6.61 Å². The molecule has 1 heterocycles. The maximum Gasteiger partial charge on any atom is 0.253 e. The van der Waals surface area contributed by atoms with Crippen LogP contribution in [-0.2, 0) is 0 Å². The first-order valence-electron chi connectivity index (χ1n) is 6.03. The highest BCUT2D eigenvalue weighted by atomic mass is 16.2. The van der Waals surface area contributed by atoms with Crippen LogP contribution >= 0.6 is 0 Å². The number of aromatic nitrogens is 1. The molecule has 1 aromatic heterocycles. The van der Waals surface area contributed by atoms with E-state index in [0.717, 1.165) is 6.42 Å². The smallest absolute Gasteiger partial charge is 0.253 e. The first kappa shape index (κ1) is 14.2. The zero-order chi connectivity index (χ0) is 13.4. The molecule has 18 heavy (non-hydrogen) atoms. The number of carbonyl (C=O) groups excluding carboxylic acids is 1. The Bertz CT molecular complexity index is 460. The minimum Gasteiger partial charge on any atom is -0.395 e. The molecule has 4 heteroatoms. The lowest BCUT2D eigenvalue weighted by Crippen LogP contribution is -2.32. The molecule has 0 radical (unpaired) electrons. The average molecular weight is 246 g/mol. The number of rotatable bonds is 4. The van der Waals surface area contributed by atoms with Gasteiger partial charge < -0.3 is 10.4 Å². The van der Waals surface area contributed by atoms with Gasteiger partial charge in [0.05, 0.1) is 12.2 Å². The van der Waals surface area contributed by atoms with Crippen LogP contribution < -0.4 is 5.32 Å². The Morgan fingerprint density at radius 2 is 2.33 bits per heavy atom. The summed E-state index contributed by atoms with van der Waals surface area (Å²) < 4.78 is 0. The molecule has 0 bridgehead atoms. The molecule has 0 saturated heterocycles. The van der Waals surface area contributed by atoms with Gasteiger partial charge >= 0.3 is 0 Å². The van der Waals surface area contributed by atoms with E-state index in [9.17, 15) is 4.79 Å². The lowest BCUT2D eigenvalue weighted by atomic mass is 10.1. The van der Waals surface area contributed by atoms with Gasteiger partial charge in [0.2, 0.25) is 0 Å². The molecule has 0 saturated carbocycles. The lowest BCUT2D eigenvalue weighted by molar-refractivity contribution is 0.0939. The summed E-state index contributed by atoms with van der Waals surface area (Å²) in [6, 6.07) is 1.84. The SMILES string of the molecule is CCC(C)NC(=O)c1cncc(C#CCCO)c1. The van der Waals surface area contributed by atoms with E-state index in [0.29, 0.717) is 17.5 Å². The minimum absolute atomic E-state index is 0.0363. The quantitative estimate of drug-likeness (QED) is 0.788. The summed E-state index contributed by atoms with van der Waals surface area (Å²) in [7, 11) is 0. The van der Waals surface area contributed by atoms with Crippen LogP contribution in [0.25, 0.3) is 0 Å². The maximum atomic E-state index is 11.9. The molecule has 1 aromatic rings. The molecule has 96 valence electrons. The lowest BCUT2D eigenvalue weighted by Gasteiger charge is -2.10. The Labute approximate surface area is 107 Å². The Kier molecular flexibility index (Phi) is 5.89. The molecule has 4 nitrogen and oxygen atoms in total. The molecule has 1 atom stereocenters. The fourth-order valence-corrected chi connectivity index (χ4v) is 1.26. The van der Waals surface area contributed by atoms with Crippen LogP contribution in [0.4, 0.5) is 0 Å². The first-order valence-corrected chi connectivity index (χ1v) is 6.03. The van der Waals surface area contributed by atoms with Crippen LogP contribution in [0.5, 0.6) is 0 Å². The summed E-state index contributed by atoms with van der Waals surface area (Å²) in [5, 5.41) is 11.5. The van der Waals surface area contributed by atoms with Crippen molar-refractivity contribution < 1.29 is 9.90 Å². The Balaban J connectivity index is 2.76. The third kappa shape index (κ3) is 4.56. The van der Waals surface area contributed by atoms with E-state index in [1.807, 2.05) is 13.8 Å². The zero-order valence-electron chi connectivity index (χ0n) is 10.7. The monoisotopic (exact) mass is 246 g/mol. The Hall–Kier alpha value is -1.86. The summed E-state index contributed by atoms with van der Waals surface area (Å²) in [6.45, 7) is 4.00. The second-order valence-corrected chi connectivity index (χ2v) is 4.02. The summed E-state index contributed by atoms with van der Waals surface area (Å²) in [5.74, 6) is 5.52. The molecular weight excluding hydrogens is 228 g/mol. The van der Waals surface area contributed by atoms with Gasteiger partial charge in [0, 0.05) is 30.4 Å². The third-order valence-electron chi connectivity index (χ3n) is 2.46. The molecule has 1 unspecified atom stereocenters. The number of amides is 1. The first-order chi connectivity index (χ1) is 8.67. The summed E-state index contributed by atoms with van der Waals surface area (Å²) in [5.41, 5.74) is 1.19. The fourth-order valence-electron chi connectivity index (χ4n) is 1.26. The standard InChI is InChI=1S/C14H18N2O2/c1-3-11(2)16-14(18)13-8-12(9-15-10-13)6-4-5-7-17/h8-11,17H,3,5,7H2,1-2H3,(H,16,18). The van der Waals surface area contributed by atoms with Crippen molar-refractivity contribution in [1.29, 1.82) is 0 Å². The topological polar surface area (TPSA) is 62.2 Å². The van der Waals surface area contributed by atoms with Crippen molar-refractivity contribution in [2.45, 2.75) is 32.7 Å². The third-order valence-corrected chi connectivity index (χ3v) is 2.46. The van der Waals surface area contributed by atoms with Gasteiger partial charge in [-0.05, 0) is 19.4 Å². The second kappa shape index (κ2) is 7.46. The largest absolute Gasteiger partial charge is 0.395 e. The van der Waals surface area contributed by atoms with Crippen LogP contribution in [0.15, 0.2) is 18.5 Å². The van der Waals surface area contributed by atoms with E-state index < -0.39 is 0 Å². The zero-order valence-corrected chi connectivity index (χ0v) is 10.7. The van der Waals surface area contributed by atoms with Crippen molar-refractivity contribution in [1.82, 2.24) is 10.3 Å². The minimum atomic E-state index is -0.136. The fraction of sp³-hybridized carbons (Fsp3) is 0.429. The normalized spacial score (nSPS) is 11.3. The van der Waals surface area contributed by atoms with E-state index >= 15 is 0 Å². The van der Waals surface area contributed by atoms with E-state index in [1.54, 1.807) is 12.3 Å². The number of hydrogen-bond donors (Lipinski definition) is 2. The second-order valence-electron chi connectivity index (χ2n) is 4.02. The van der Waals surface area contributed by atoms with E-state index in [-0.39, 0.29) is 18.6 Å². The molecular formula is C14H18N2O2. The highest BCUT2D eigenvalue weighted by Crippen LogP contribution is 2.02. The van der Waals surface area contributed by atoms with Crippen molar-refractivity contribution in [3.05, 3.63) is 29.6 Å². The van der Waals surface area contributed by atoms with Gasteiger partial charge in [-0.2, -0.15) is 0 Å². The van der Waals surface area contributed by atoms with Crippen molar-refractivity contribution >= 4 is 5.91 Å². The van der Waals surface area contributed by atoms with Crippen molar-refractivity contribution in [2.24, 2.45) is 0 Å². The van der Waals surface area contributed by atoms with Gasteiger partial charge in [-0.3, -0.25) is 9.78 Å². The number of nitrogens with one attached hydrogen (secondary N) is 1. The highest BCUT2D eigenvalue weighted by molar-refractivity contribution is 5.94. The predicted octanol–water partition coefficient (Wildman–Crippen LogP) is 1.34. The molecule has 0 fully saturated rings. The van der Waals surface area contributed by atoms with Gasteiger partial charge in [0.25, 0.3) is 5.91 Å². The number of hydrogen-bond acceptors (Lipinski definition) is 3. The van der Waals surface area contributed by atoms with Crippen LogP contribution in [0, 0.1) is 11.8 Å². The van der Waals surface area contributed by atoms with Crippen molar-refractivity contribution in [3.63, 3.8) is 0 Å². The number of aliphatic hydroxyl groups is 1. The van der Waals surface area contributed by atoms with E-state index in [2.05, 4.69) is 22.1 Å². The Morgan fingerprint density at radius 3 is 3.00 bits per heavy atom. The number of nitrogens with zero attached hydrogens (tertiary/aromatic N) is 1. The molecule has 0 aromatic carbocycles. The maximum absolute atomic E-state index is 11.9. The van der Waals surface area contributed by atoms with E-state index in [1.165, 1.54) is 6.20 Å². The van der Waals surface area contributed by atoms with Crippen LogP contribution in [0.2, 0.25) is 0 Å². The summed E-state index contributed by atoms with van der Waals surface area (Å²) >= 11 is 0. The summed E-state index contributed by atoms with van der Waals surface area (Å²) in [6.07, 6.45) is 4.43. The molecule has 0 aliphatic rings. The number of aliphatic hydroxyl groups excluding tert-OH is 1. The molecule has 1 amide bonds. The van der Waals surface area contributed by atoms with E-state index in [4.69, 9.17) is 5.11 Å². The molecule has 0 spiro atoms. The molecule has 0 aliphatic carbocycles. The predicted molar refractivity (Wildman–Crippen MR) is 70.0 cm³/mol. The number of pyridine rings is 1. The van der Waals surface area contributed by atoms with Crippen molar-refractivity contribution in [3.8, 4) is 11.8 Å². The molecule has 2 N–H and O–H groups in total. The van der Waals surface area contributed by atoms with Crippen LogP contribution in [-0.4, -0.2) is 28.6 Å². The highest BCUT2D eigenvalue weighted by Gasteiger charge is 2.08. The average Bonchev–Trinajstić information content (AvgIpc) is 2.39. The van der Waals surface area contributed by atoms with Crippen LogP contribution in [0.1, 0.15) is 42.6 Å². The van der Waals surface area contributed by atoms with Gasteiger partial charge in [0.15, 0.2) is 0 Å². The van der Waals surface area contributed by atoms with Gasteiger partial charge in [-0.25, -0.2) is 0 Å². The van der Waals surface area contributed by atoms with Gasteiger partial charge in [0.1, 0.15) is 0 Å². The van der Waals surface area contributed by atoms with Crippen LogP contribution in [0.3, 0.4) is 0 Å². The molecule has 0 aliphatic heterocycles. The molecule has 1 rings (SSSR count).